The molecule has 1 saturated heterocycles. The van der Waals surface area contributed by atoms with Crippen molar-refractivity contribution in [3.8, 4) is 0 Å². The van der Waals surface area contributed by atoms with Gasteiger partial charge in [-0.15, -0.1) is 0 Å². The van der Waals surface area contributed by atoms with Gasteiger partial charge < -0.3 is 14.8 Å². The number of nitrogens with zero attached hydrogens (tertiary/aromatic N) is 4. The van der Waals surface area contributed by atoms with Crippen LogP contribution in [0.5, 0.6) is 0 Å². The van der Waals surface area contributed by atoms with Crippen LogP contribution in [0.2, 0.25) is 10.0 Å². The number of amides is 1. The third-order valence-electron chi connectivity index (χ3n) is 5.12. The van der Waals surface area contributed by atoms with Gasteiger partial charge in [-0.05, 0) is 48.7 Å². The van der Waals surface area contributed by atoms with Gasteiger partial charge in [0.15, 0.2) is 5.65 Å². The number of anilines is 1. The van der Waals surface area contributed by atoms with Crippen molar-refractivity contribution in [3.63, 3.8) is 0 Å². The molecule has 9 heteroatoms. The molecule has 0 radical (unpaired) electrons. The maximum atomic E-state index is 13.4. The van der Waals surface area contributed by atoms with Gasteiger partial charge in [-0.1, -0.05) is 23.2 Å². The normalized spacial score (nSPS) is 17.0. The van der Waals surface area contributed by atoms with E-state index in [9.17, 15) is 9.18 Å². The Morgan fingerprint density at radius 2 is 2.03 bits per heavy atom. The second-order valence-corrected chi connectivity index (χ2v) is 8.11. The topological polar surface area (TPSA) is 65.1 Å². The fraction of sp³-hybridized carbons (Fsp3) is 0.350. The van der Waals surface area contributed by atoms with E-state index < -0.39 is 5.95 Å². The molecule has 0 bridgehead atoms. The number of hydrogen-bond acceptors (Lipinski definition) is 4. The van der Waals surface area contributed by atoms with Crippen molar-refractivity contribution in [2.24, 2.45) is 0 Å². The van der Waals surface area contributed by atoms with Crippen LogP contribution in [0, 0.1) is 5.95 Å². The average molecular weight is 436 g/mol. The largest absolute Gasteiger partial charge is 0.340 e. The highest BCUT2D eigenvalue weighted by molar-refractivity contribution is 6.34. The van der Waals surface area contributed by atoms with Crippen LogP contribution in [0.1, 0.15) is 25.3 Å². The molecule has 0 aliphatic carbocycles. The molecule has 1 aliphatic heterocycles. The van der Waals surface area contributed by atoms with E-state index in [1.807, 2.05) is 17.0 Å². The number of aromatic nitrogens is 3. The van der Waals surface area contributed by atoms with Crippen molar-refractivity contribution in [2.45, 2.75) is 32.4 Å². The van der Waals surface area contributed by atoms with Gasteiger partial charge in [-0.25, -0.2) is 0 Å². The molecule has 1 N–H and O–H groups in total. The van der Waals surface area contributed by atoms with Crippen LogP contribution < -0.4 is 4.90 Å². The van der Waals surface area contributed by atoms with E-state index in [2.05, 4.69) is 19.9 Å². The minimum atomic E-state index is -0.560. The highest BCUT2D eigenvalue weighted by Crippen LogP contribution is 2.25. The van der Waals surface area contributed by atoms with Gasteiger partial charge in [0.05, 0.1) is 5.52 Å². The zero-order chi connectivity index (χ0) is 20.5. The van der Waals surface area contributed by atoms with Crippen molar-refractivity contribution in [3.05, 3.63) is 51.9 Å². The number of fused-ring (bicyclic) bond motifs is 1. The smallest absolute Gasteiger partial charge is 0.220 e. The second kappa shape index (κ2) is 8.16. The number of carbonyl (C=O) groups is 1. The van der Waals surface area contributed by atoms with Crippen LogP contribution in [0.3, 0.4) is 0 Å². The van der Waals surface area contributed by atoms with E-state index >= 15 is 0 Å². The Morgan fingerprint density at radius 3 is 2.76 bits per heavy atom. The molecule has 2 aromatic heterocycles. The van der Waals surface area contributed by atoms with Crippen LogP contribution in [-0.4, -0.2) is 44.9 Å². The summed E-state index contributed by atoms with van der Waals surface area (Å²) in [5, 5.41) is 1.09. The number of H-pyrrole nitrogens is 1. The number of imidazole rings is 1. The van der Waals surface area contributed by atoms with Gasteiger partial charge in [0.25, 0.3) is 0 Å². The van der Waals surface area contributed by atoms with E-state index in [1.165, 1.54) is 6.07 Å². The molecule has 3 heterocycles. The Bertz CT molecular complexity index is 1040. The predicted molar refractivity (Wildman–Crippen MR) is 112 cm³/mol. The lowest BCUT2D eigenvalue weighted by Gasteiger charge is -2.39. The fourth-order valence-corrected chi connectivity index (χ4v) is 4.38. The van der Waals surface area contributed by atoms with Crippen LogP contribution in [-0.2, 0) is 11.3 Å². The van der Waals surface area contributed by atoms with Crippen LogP contribution >= 0.6 is 23.2 Å². The van der Waals surface area contributed by atoms with Gasteiger partial charge in [0.2, 0.25) is 17.8 Å². The number of rotatable bonds is 4. The summed E-state index contributed by atoms with van der Waals surface area (Å²) in [6.07, 6.45) is 1.79. The SMILES string of the molecule is CC(=O)N(Cc1cc(Cl)cc(Cl)c1)[C@H]1CCCN(c2nc3nc(F)ccc3[nH]2)C1. The molecule has 29 heavy (non-hydrogen) atoms. The predicted octanol–water partition coefficient (Wildman–Crippen LogP) is 4.42. The summed E-state index contributed by atoms with van der Waals surface area (Å²) in [5.41, 5.74) is 1.91. The third-order valence-corrected chi connectivity index (χ3v) is 5.55. The number of nitrogens with one attached hydrogen (secondary N) is 1. The Balaban J connectivity index is 1.55. The first kappa shape index (κ1) is 19.9. The number of hydrogen-bond donors (Lipinski definition) is 1. The number of aromatic amines is 1. The van der Waals surface area contributed by atoms with Crippen molar-refractivity contribution in [1.82, 2.24) is 19.9 Å². The van der Waals surface area contributed by atoms with Crippen LogP contribution in [0.25, 0.3) is 11.2 Å². The highest BCUT2D eigenvalue weighted by atomic mass is 35.5. The lowest BCUT2D eigenvalue weighted by atomic mass is 10.0. The van der Waals surface area contributed by atoms with Gasteiger partial charge in [-0.2, -0.15) is 14.4 Å². The molecule has 6 nitrogen and oxygen atoms in total. The lowest BCUT2D eigenvalue weighted by molar-refractivity contribution is -0.132. The second-order valence-electron chi connectivity index (χ2n) is 7.23. The van der Waals surface area contributed by atoms with E-state index in [4.69, 9.17) is 23.2 Å². The first-order valence-corrected chi connectivity index (χ1v) is 10.1. The lowest BCUT2D eigenvalue weighted by Crippen LogP contribution is -2.49. The number of pyridine rings is 1. The maximum Gasteiger partial charge on any atom is 0.220 e. The molecule has 1 fully saturated rings. The summed E-state index contributed by atoms with van der Waals surface area (Å²) in [7, 11) is 0. The minimum Gasteiger partial charge on any atom is -0.340 e. The Kier molecular flexibility index (Phi) is 5.61. The summed E-state index contributed by atoms with van der Waals surface area (Å²) in [4.78, 5) is 27.8. The molecule has 1 atom stereocenters. The number of piperidine rings is 1. The van der Waals surface area contributed by atoms with E-state index in [1.54, 1.807) is 19.1 Å². The summed E-state index contributed by atoms with van der Waals surface area (Å²) < 4.78 is 13.4. The number of benzene rings is 1. The quantitative estimate of drug-likeness (QED) is 0.615. The molecule has 3 aromatic rings. The van der Waals surface area contributed by atoms with Crippen LogP contribution in [0.15, 0.2) is 30.3 Å². The standard InChI is InChI=1S/C20H20Cl2FN5O/c1-12(29)28(10-13-7-14(21)9-15(22)8-13)16-3-2-6-27(11-16)20-24-17-4-5-18(23)25-19(17)26-20/h4-5,7-9,16H,2-3,6,10-11H2,1H3,(H,24,25,26)/t16-/m0/s1. The molecule has 4 rings (SSSR count). The summed E-state index contributed by atoms with van der Waals surface area (Å²) in [6.45, 7) is 3.42. The Hall–Kier alpha value is -2.38. The van der Waals surface area contributed by atoms with Gasteiger partial charge in [-0.3, -0.25) is 4.79 Å². The zero-order valence-electron chi connectivity index (χ0n) is 15.8. The minimum absolute atomic E-state index is 0.0110. The van der Waals surface area contributed by atoms with Crippen molar-refractivity contribution >= 4 is 46.2 Å². The molecule has 0 saturated carbocycles. The molecular formula is C20H20Cl2FN5O. The first-order chi connectivity index (χ1) is 13.9. The molecule has 0 spiro atoms. The summed E-state index contributed by atoms with van der Waals surface area (Å²) in [5.74, 6) is 0.0633. The zero-order valence-corrected chi connectivity index (χ0v) is 17.3. The molecule has 1 aliphatic rings. The number of halogens is 3. The van der Waals surface area contributed by atoms with Gasteiger partial charge in [0, 0.05) is 42.6 Å². The van der Waals surface area contributed by atoms with Gasteiger partial charge in [0.1, 0.15) is 0 Å². The molecule has 152 valence electrons. The van der Waals surface area contributed by atoms with E-state index in [0.717, 1.165) is 24.9 Å². The molecular weight excluding hydrogens is 416 g/mol. The Morgan fingerprint density at radius 1 is 1.28 bits per heavy atom. The van der Waals surface area contributed by atoms with E-state index in [0.29, 0.717) is 40.2 Å². The summed E-state index contributed by atoms with van der Waals surface area (Å²) in [6, 6.07) is 8.26. The van der Waals surface area contributed by atoms with Crippen LogP contribution in [0.4, 0.5) is 10.3 Å². The number of carbonyl (C=O) groups excluding carboxylic acids is 1. The molecule has 1 aromatic carbocycles. The maximum absolute atomic E-state index is 13.4. The monoisotopic (exact) mass is 435 g/mol. The van der Waals surface area contributed by atoms with Gasteiger partial charge >= 0.3 is 0 Å². The third kappa shape index (κ3) is 4.46. The fourth-order valence-electron chi connectivity index (χ4n) is 3.80. The summed E-state index contributed by atoms with van der Waals surface area (Å²) >= 11 is 12.2. The first-order valence-electron chi connectivity index (χ1n) is 9.38. The molecule has 0 unspecified atom stereocenters. The van der Waals surface area contributed by atoms with E-state index in [-0.39, 0.29) is 11.9 Å². The van der Waals surface area contributed by atoms with Crippen molar-refractivity contribution in [2.75, 3.05) is 18.0 Å². The Labute approximate surface area is 177 Å². The van der Waals surface area contributed by atoms with Crippen molar-refractivity contribution in [1.29, 1.82) is 0 Å². The highest BCUT2D eigenvalue weighted by Gasteiger charge is 2.28. The molecule has 1 amide bonds. The van der Waals surface area contributed by atoms with Crippen molar-refractivity contribution < 1.29 is 9.18 Å². The average Bonchev–Trinajstić information content (AvgIpc) is 3.08.